The number of nitrogens with one attached hydrogen (secondary N) is 1. The topological polar surface area (TPSA) is 99.1 Å². The number of amides is 2. The summed E-state index contributed by atoms with van der Waals surface area (Å²) < 4.78 is 0. The smallest absolute Gasteiger partial charge is 0.323 e. The molecule has 3 aromatic carbocycles. The number of hydrogen-bond donors (Lipinski definition) is 2. The number of aliphatic imine (C=N–C) groups is 1. The minimum absolute atomic E-state index is 0.142. The molecule has 0 bridgehead atoms. The summed E-state index contributed by atoms with van der Waals surface area (Å²) in [5, 5.41) is 12.1. The number of fused-ring (bicyclic) bond motifs is 1. The van der Waals surface area contributed by atoms with Crippen LogP contribution in [0.15, 0.2) is 83.9 Å². The summed E-state index contributed by atoms with van der Waals surface area (Å²) in [7, 11) is 0. The molecule has 1 unspecified atom stereocenters. The van der Waals surface area contributed by atoms with Crippen LogP contribution in [-0.2, 0) is 14.4 Å². The summed E-state index contributed by atoms with van der Waals surface area (Å²) >= 11 is 0. The predicted molar refractivity (Wildman–Crippen MR) is 127 cm³/mol. The van der Waals surface area contributed by atoms with Crippen molar-refractivity contribution in [1.82, 2.24) is 0 Å². The molecular formula is C26H23N3O4. The van der Waals surface area contributed by atoms with E-state index in [1.165, 1.54) is 4.90 Å². The Bertz CT molecular complexity index is 1220. The summed E-state index contributed by atoms with van der Waals surface area (Å²) in [6, 6.07) is 23.8. The third-order valence-electron chi connectivity index (χ3n) is 5.44. The van der Waals surface area contributed by atoms with Crippen molar-refractivity contribution >= 4 is 40.6 Å². The van der Waals surface area contributed by atoms with Gasteiger partial charge in [-0.1, -0.05) is 55.5 Å². The van der Waals surface area contributed by atoms with Crippen LogP contribution in [0.2, 0.25) is 0 Å². The van der Waals surface area contributed by atoms with Crippen molar-refractivity contribution in [3.05, 3.63) is 90.0 Å². The molecule has 1 atom stereocenters. The van der Waals surface area contributed by atoms with Gasteiger partial charge in [-0.2, -0.15) is 0 Å². The monoisotopic (exact) mass is 441 g/mol. The Hall–Kier alpha value is -4.26. The zero-order valence-electron chi connectivity index (χ0n) is 18.1. The normalized spacial score (nSPS) is 15.0. The number of carbonyl (C=O) groups excluding carboxylic acids is 2. The van der Waals surface area contributed by atoms with Gasteiger partial charge in [-0.05, 0) is 41.5 Å². The highest BCUT2D eigenvalue weighted by molar-refractivity contribution is 6.24. The van der Waals surface area contributed by atoms with Gasteiger partial charge in [0.1, 0.15) is 12.5 Å². The fourth-order valence-corrected chi connectivity index (χ4v) is 3.88. The quantitative estimate of drug-likeness (QED) is 0.532. The highest BCUT2D eigenvalue weighted by Gasteiger charge is 2.35. The van der Waals surface area contributed by atoms with Crippen LogP contribution in [0, 0.1) is 0 Å². The number of benzene rings is 3. The summed E-state index contributed by atoms with van der Waals surface area (Å²) in [6.45, 7) is 1.27. The summed E-state index contributed by atoms with van der Waals surface area (Å²) in [5.74, 6) is -2.07. The van der Waals surface area contributed by atoms with Crippen molar-refractivity contribution < 1.29 is 19.5 Å². The molecule has 1 heterocycles. The first kappa shape index (κ1) is 22.0. The Morgan fingerprint density at radius 2 is 1.64 bits per heavy atom. The first-order chi connectivity index (χ1) is 16.0. The van der Waals surface area contributed by atoms with E-state index >= 15 is 0 Å². The largest absolute Gasteiger partial charge is 0.480 e. The van der Waals surface area contributed by atoms with E-state index in [1.54, 1.807) is 31.2 Å². The summed E-state index contributed by atoms with van der Waals surface area (Å²) in [5.41, 5.74) is 4.14. The van der Waals surface area contributed by atoms with E-state index in [-0.39, 0.29) is 18.2 Å². The first-order valence-corrected chi connectivity index (χ1v) is 10.6. The van der Waals surface area contributed by atoms with Crippen LogP contribution < -0.4 is 10.2 Å². The number of para-hydroxylation sites is 1. The molecule has 7 heteroatoms. The zero-order valence-corrected chi connectivity index (χ0v) is 18.1. The van der Waals surface area contributed by atoms with Crippen molar-refractivity contribution in [3.63, 3.8) is 0 Å². The Morgan fingerprint density at radius 3 is 2.30 bits per heavy atom. The number of carboxylic acids is 1. The second-order valence-electron chi connectivity index (χ2n) is 7.62. The molecule has 0 saturated heterocycles. The number of nitrogens with zero attached hydrogens (tertiary/aromatic N) is 2. The molecule has 0 radical (unpaired) electrons. The van der Waals surface area contributed by atoms with Crippen LogP contribution in [0.5, 0.6) is 0 Å². The lowest BCUT2D eigenvalue weighted by Gasteiger charge is -2.20. The molecule has 7 nitrogen and oxygen atoms in total. The number of rotatable bonds is 7. The molecule has 3 aromatic rings. The molecule has 4 rings (SSSR count). The number of anilines is 2. The van der Waals surface area contributed by atoms with Crippen LogP contribution >= 0.6 is 0 Å². The lowest BCUT2D eigenvalue weighted by Crippen LogP contribution is -2.35. The van der Waals surface area contributed by atoms with E-state index in [0.717, 1.165) is 16.8 Å². The average molecular weight is 441 g/mol. The van der Waals surface area contributed by atoms with Crippen LogP contribution in [0.25, 0.3) is 0 Å². The number of hydrogen-bond acceptors (Lipinski definition) is 4. The van der Waals surface area contributed by atoms with Gasteiger partial charge in [0.2, 0.25) is 11.8 Å². The van der Waals surface area contributed by atoms with E-state index in [4.69, 9.17) is 10.1 Å². The van der Waals surface area contributed by atoms with E-state index < -0.39 is 18.4 Å². The molecule has 1 aliphatic heterocycles. The Kier molecular flexibility index (Phi) is 6.31. The predicted octanol–water partition coefficient (Wildman–Crippen LogP) is 4.37. The van der Waals surface area contributed by atoms with E-state index in [2.05, 4.69) is 5.32 Å². The lowest BCUT2D eigenvalue weighted by molar-refractivity contribution is -0.136. The molecule has 0 fully saturated rings. The van der Waals surface area contributed by atoms with E-state index in [0.29, 0.717) is 17.1 Å². The summed E-state index contributed by atoms with van der Waals surface area (Å²) in [6.07, 6.45) is 0.196. The first-order valence-electron chi connectivity index (χ1n) is 10.6. The Balaban J connectivity index is 1.74. The van der Waals surface area contributed by atoms with E-state index in [1.807, 2.05) is 54.6 Å². The van der Waals surface area contributed by atoms with Gasteiger partial charge in [0, 0.05) is 17.8 Å². The molecule has 0 aliphatic carbocycles. The molecule has 33 heavy (non-hydrogen) atoms. The van der Waals surface area contributed by atoms with E-state index in [9.17, 15) is 14.4 Å². The Labute approximate surface area is 191 Å². The highest BCUT2D eigenvalue weighted by atomic mass is 16.4. The molecule has 2 N–H and O–H groups in total. The van der Waals surface area contributed by atoms with Crippen molar-refractivity contribution in [3.8, 4) is 0 Å². The van der Waals surface area contributed by atoms with Crippen LogP contribution in [0.3, 0.4) is 0 Å². The fourth-order valence-electron chi connectivity index (χ4n) is 3.88. The average Bonchev–Trinajstić information content (AvgIpc) is 3.17. The Morgan fingerprint density at radius 1 is 0.970 bits per heavy atom. The van der Waals surface area contributed by atoms with Gasteiger partial charge in [-0.15, -0.1) is 0 Å². The molecule has 0 aromatic heterocycles. The maximum atomic E-state index is 12.9. The molecule has 1 aliphatic rings. The van der Waals surface area contributed by atoms with Crippen molar-refractivity contribution in [2.24, 2.45) is 4.99 Å². The highest BCUT2D eigenvalue weighted by Crippen LogP contribution is 2.36. The standard InChI is InChI=1S/C26H23N3O4/c1-2-22(30)29(16-23(31)32)19-14-12-18(13-15-19)27-25(17-8-4-3-5-9-17)24-20-10-6-7-11-21(20)28-26(24)33/h3-15,24H,2,16H2,1H3,(H,28,33)(H,31,32). The van der Waals surface area contributed by atoms with Gasteiger partial charge < -0.3 is 15.3 Å². The minimum Gasteiger partial charge on any atom is -0.480 e. The molecule has 2 amide bonds. The van der Waals surface area contributed by atoms with Crippen LogP contribution in [0.4, 0.5) is 17.1 Å². The minimum atomic E-state index is -1.09. The van der Waals surface area contributed by atoms with Gasteiger partial charge in [0.25, 0.3) is 0 Å². The lowest BCUT2D eigenvalue weighted by atomic mass is 9.90. The molecule has 0 spiro atoms. The third-order valence-corrected chi connectivity index (χ3v) is 5.44. The molecular weight excluding hydrogens is 418 g/mol. The molecule has 166 valence electrons. The van der Waals surface area contributed by atoms with Gasteiger partial charge in [-0.25, -0.2) is 0 Å². The summed E-state index contributed by atoms with van der Waals surface area (Å²) in [4.78, 5) is 42.4. The third kappa shape index (κ3) is 4.67. The maximum absolute atomic E-state index is 12.9. The van der Waals surface area contributed by atoms with Crippen molar-refractivity contribution in [1.29, 1.82) is 0 Å². The van der Waals surface area contributed by atoms with Crippen molar-refractivity contribution in [2.45, 2.75) is 19.3 Å². The van der Waals surface area contributed by atoms with Crippen LogP contribution in [0.1, 0.15) is 30.4 Å². The van der Waals surface area contributed by atoms with Gasteiger partial charge in [0.15, 0.2) is 0 Å². The second-order valence-corrected chi connectivity index (χ2v) is 7.62. The second kappa shape index (κ2) is 9.48. The van der Waals surface area contributed by atoms with Crippen LogP contribution in [-0.4, -0.2) is 35.1 Å². The number of carboxylic acid groups (broad SMARTS) is 1. The zero-order chi connectivity index (χ0) is 23.4. The number of carbonyl (C=O) groups is 3. The van der Waals surface area contributed by atoms with Gasteiger partial charge >= 0.3 is 5.97 Å². The van der Waals surface area contributed by atoms with Gasteiger partial charge in [0.05, 0.1) is 11.4 Å². The SMILES string of the molecule is CCC(=O)N(CC(=O)O)c1ccc(N=C(c2ccccc2)C2C(=O)Nc3ccccc32)cc1. The molecule has 0 saturated carbocycles. The van der Waals surface area contributed by atoms with Crippen molar-refractivity contribution in [2.75, 3.05) is 16.8 Å². The fraction of sp³-hybridized carbons (Fsp3) is 0.154. The number of aliphatic carboxylic acids is 1. The maximum Gasteiger partial charge on any atom is 0.323 e. The van der Waals surface area contributed by atoms with Gasteiger partial charge in [-0.3, -0.25) is 19.4 Å².